The van der Waals surface area contributed by atoms with Crippen molar-refractivity contribution in [3.05, 3.63) is 137 Å². The van der Waals surface area contributed by atoms with Gasteiger partial charge in [-0.25, -0.2) is 0 Å². The Morgan fingerprint density at radius 2 is 1.21 bits per heavy atom. The van der Waals surface area contributed by atoms with Gasteiger partial charge >= 0.3 is 0 Å². The monoisotopic (exact) mass is 508 g/mol. The topological polar surface area (TPSA) is 35.5 Å². The summed E-state index contributed by atoms with van der Waals surface area (Å²) in [5, 5.41) is 0. The molecule has 0 amide bonds. The van der Waals surface area contributed by atoms with Crippen LogP contribution < -0.4 is 4.74 Å². The largest absolute Gasteiger partial charge is 0.489 e. The lowest BCUT2D eigenvalue weighted by atomic mass is 9.87. The minimum Gasteiger partial charge on any atom is -0.489 e. The average Bonchev–Trinajstić information content (AvgIpc) is 2.98. The van der Waals surface area contributed by atoms with Crippen LogP contribution in [0.3, 0.4) is 0 Å². The summed E-state index contributed by atoms with van der Waals surface area (Å²) in [5.74, 6) is 1.20. The molecule has 3 nitrogen and oxygen atoms in total. The predicted octanol–water partition coefficient (Wildman–Crippen LogP) is 8.11. The molecule has 0 aliphatic rings. The summed E-state index contributed by atoms with van der Waals surface area (Å²) >= 11 is 0. The van der Waals surface area contributed by atoms with E-state index in [9.17, 15) is 0 Å². The molecule has 0 radical (unpaired) electrons. The molecule has 4 aromatic carbocycles. The number of ether oxygens (including phenoxy) is 2. The van der Waals surface area contributed by atoms with Crippen molar-refractivity contribution in [2.24, 2.45) is 0 Å². The Labute approximate surface area is 229 Å². The highest BCUT2D eigenvalue weighted by atomic mass is 16.5. The normalized spacial score (nSPS) is 10.3. The number of hydrogen-bond acceptors (Lipinski definition) is 3. The van der Waals surface area contributed by atoms with Gasteiger partial charge in [-0.2, -0.15) is 0 Å². The zero-order valence-corrected chi connectivity index (χ0v) is 23.1. The summed E-state index contributed by atoms with van der Waals surface area (Å²) in [6.45, 7) is 9.61. The van der Waals surface area contributed by atoms with E-state index in [4.69, 9.17) is 14.3 Å². The Kier molecular flexibility index (Phi) is 16.0. The molecular weight excluding hydrogens is 468 g/mol. The molecule has 0 aromatic heterocycles. The van der Waals surface area contributed by atoms with Crippen molar-refractivity contribution in [3.63, 3.8) is 0 Å². The quantitative estimate of drug-likeness (QED) is 0.226. The first-order chi connectivity index (χ1) is 18.6. The fourth-order valence-electron chi connectivity index (χ4n) is 3.87. The molecule has 0 fully saturated rings. The molecule has 198 valence electrons. The number of aryl methyl sites for hydroxylation is 3. The molecule has 3 heteroatoms. The van der Waals surface area contributed by atoms with Crippen molar-refractivity contribution in [2.45, 2.75) is 39.7 Å². The van der Waals surface area contributed by atoms with E-state index in [2.05, 4.69) is 119 Å². The molecule has 38 heavy (non-hydrogen) atoms. The van der Waals surface area contributed by atoms with E-state index in [0.29, 0.717) is 13.2 Å². The lowest BCUT2D eigenvalue weighted by molar-refractivity contribution is -0.0980. The maximum atomic E-state index is 8.00. The van der Waals surface area contributed by atoms with Crippen LogP contribution in [-0.4, -0.2) is 20.5 Å². The lowest BCUT2D eigenvalue weighted by Gasteiger charge is -2.22. The van der Waals surface area contributed by atoms with Crippen LogP contribution in [0.15, 0.2) is 103 Å². The average molecular weight is 509 g/mol. The zero-order chi connectivity index (χ0) is 28.2. The predicted molar refractivity (Wildman–Crippen MR) is 160 cm³/mol. The van der Waals surface area contributed by atoms with Gasteiger partial charge in [0.15, 0.2) is 0 Å². The van der Waals surface area contributed by atoms with Crippen LogP contribution in [0.1, 0.15) is 45.7 Å². The molecule has 0 saturated heterocycles. The summed E-state index contributed by atoms with van der Waals surface area (Å²) in [5.41, 5.74) is 7.59. The molecule has 0 saturated carbocycles. The van der Waals surface area contributed by atoms with Gasteiger partial charge in [0, 0.05) is 25.2 Å². The van der Waals surface area contributed by atoms with Crippen LogP contribution in [0.2, 0.25) is 0 Å². The number of rotatable bonds is 8. The van der Waals surface area contributed by atoms with E-state index in [1.54, 1.807) is 7.11 Å². The summed E-state index contributed by atoms with van der Waals surface area (Å²) in [4.78, 5) is 8.00. The van der Waals surface area contributed by atoms with E-state index in [1.807, 2.05) is 25.0 Å². The number of terminal acetylenes is 1. The second-order valence-corrected chi connectivity index (χ2v) is 8.71. The summed E-state index contributed by atoms with van der Waals surface area (Å²) in [6, 6.07) is 35.8. The van der Waals surface area contributed by atoms with E-state index in [-0.39, 0.29) is 5.92 Å². The minimum absolute atomic E-state index is 0.252. The van der Waals surface area contributed by atoms with Gasteiger partial charge in [0.25, 0.3) is 0 Å². The molecule has 4 rings (SSSR count). The van der Waals surface area contributed by atoms with Crippen molar-refractivity contribution in [1.29, 1.82) is 0 Å². The molecule has 0 spiro atoms. The van der Waals surface area contributed by atoms with Crippen molar-refractivity contribution >= 4 is 6.79 Å². The van der Waals surface area contributed by atoms with Gasteiger partial charge in [0.1, 0.15) is 19.1 Å². The van der Waals surface area contributed by atoms with E-state index >= 15 is 0 Å². The maximum Gasteiger partial charge on any atom is 0.123 e. The Bertz CT molecular complexity index is 1150. The Balaban J connectivity index is 0.000000505. The molecule has 0 aliphatic carbocycles. The second-order valence-electron chi connectivity index (χ2n) is 8.71. The van der Waals surface area contributed by atoms with Gasteiger partial charge in [0.05, 0.1) is 0 Å². The van der Waals surface area contributed by atoms with Crippen molar-refractivity contribution in [3.8, 4) is 18.6 Å². The van der Waals surface area contributed by atoms with Crippen LogP contribution in [0.5, 0.6) is 5.75 Å². The molecule has 4 aromatic rings. The highest BCUT2D eigenvalue weighted by molar-refractivity contribution is 5.44. The summed E-state index contributed by atoms with van der Waals surface area (Å²) < 4.78 is 11.6. The zero-order valence-electron chi connectivity index (χ0n) is 23.1. The second kappa shape index (κ2) is 19.0. The van der Waals surface area contributed by atoms with Gasteiger partial charge in [-0.1, -0.05) is 114 Å². The van der Waals surface area contributed by atoms with Gasteiger partial charge in [0.2, 0.25) is 0 Å². The molecule has 0 heterocycles. The Hall–Kier alpha value is -4.13. The van der Waals surface area contributed by atoms with Crippen LogP contribution in [-0.2, 0) is 16.1 Å². The fraction of sp³-hybridized carbons (Fsp3) is 0.229. The summed E-state index contributed by atoms with van der Waals surface area (Å²) in [7, 11) is 1.76. The smallest absolute Gasteiger partial charge is 0.123 e. The third-order valence-corrected chi connectivity index (χ3v) is 5.81. The molecule has 0 aliphatic heterocycles. The van der Waals surface area contributed by atoms with Gasteiger partial charge in [-0.05, 0) is 44.4 Å². The van der Waals surface area contributed by atoms with E-state index < -0.39 is 0 Å². The van der Waals surface area contributed by atoms with Crippen LogP contribution >= 0.6 is 0 Å². The van der Waals surface area contributed by atoms with Crippen molar-refractivity contribution in [2.75, 3.05) is 13.7 Å². The van der Waals surface area contributed by atoms with Gasteiger partial charge in [-0.15, -0.1) is 12.8 Å². The van der Waals surface area contributed by atoms with E-state index in [1.165, 1.54) is 33.4 Å². The first-order valence-electron chi connectivity index (χ1n) is 12.5. The highest BCUT2D eigenvalue weighted by Gasteiger charge is 2.19. The molecular formula is C35H40O3. The number of benzene rings is 4. The SMILES string of the molecule is C#C.C=O.COCCC(c1ccccc1)c1cc(C)ccc1OCc1ccccc1.Cc1ccc(C)cc1. The highest BCUT2D eigenvalue weighted by Crippen LogP contribution is 2.35. The Morgan fingerprint density at radius 3 is 1.74 bits per heavy atom. The number of carbonyl (C=O) groups excluding carboxylic acids is 1. The first kappa shape index (κ1) is 31.9. The number of hydrogen-bond donors (Lipinski definition) is 0. The van der Waals surface area contributed by atoms with Crippen molar-refractivity contribution in [1.82, 2.24) is 0 Å². The molecule has 1 unspecified atom stereocenters. The third-order valence-electron chi connectivity index (χ3n) is 5.81. The number of carbonyl (C=O) groups is 1. The van der Waals surface area contributed by atoms with E-state index in [0.717, 1.165) is 12.2 Å². The molecule has 0 bridgehead atoms. The van der Waals surface area contributed by atoms with Crippen LogP contribution in [0, 0.1) is 33.6 Å². The standard InChI is InChI=1S/C24H26O2.C8H10.C2H2.CH2O/c1-19-13-14-24(26-18-20-9-5-3-6-10-20)23(17-19)22(15-16-25-2)21-11-7-4-8-12-21;1-7-3-5-8(2)6-4-7;2*1-2/h3-14,17,22H,15-16,18H2,1-2H3;3-6H,1-2H3;1-2H;1H2. The minimum atomic E-state index is 0.252. The summed E-state index contributed by atoms with van der Waals surface area (Å²) in [6.07, 6.45) is 8.92. The van der Waals surface area contributed by atoms with Gasteiger partial charge < -0.3 is 14.3 Å². The lowest BCUT2D eigenvalue weighted by Crippen LogP contribution is -2.08. The third kappa shape index (κ3) is 11.3. The maximum absolute atomic E-state index is 8.00. The first-order valence-corrected chi connectivity index (χ1v) is 12.5. The Morgan fingerprint density at radius 1 is 0.711 bits per heavy atom. The molecule has 1 atom stereocenters. The van der Waals surface area contributed by atoms with Crippen LogP contribution in [0.25, 0.3) is 0 Å². The fourth-order valence-corrected chi connectivity index (χ4v) is 3.87. The van der Waals surface area contributed by atoms with Gasteiger partial charge in [-0.3, -0.25) is 0 Å². The number of methoxy groups -OCH3 is 1. The van der Waals surface area contributed by atoms with Crippen molar-refractivity contribution < 1.29 is 14.3 Å². The van der Waals surface area contributed by atoms with Crippen LogP contribution in [0.4, 0.5) is 0 Å². The molecule has 0 N–H and O–H groups in total.